The Morgan fingerprint density at radius 1 is 1.39 bits per heavy atom. The summed E-state index contributed by atoms with van der Waals surface area (Å²) >= 11 is 0. The number of esters is 1. The molecule has 0 unspecified atom stereocenters. The highest BCUT2D eigenvalue weighted by molar-refractivity contribution is 6.09. The van der Waals surface area contributed by atoms with Crippen LogP contribution in [0.25, 0.3) is 0 Å². The van der Waals surface area contributed by atoms with Crippen LogP contribution in [0.2, 0.25) is 0 Å². The number of rotatable bonds is 4. The summed E-state index contributed by atoms with van der Waals surface area (Å²) in [5, 5.41) is 3.13. The van der Waals surface area contributed by atoms with Crippen LogP contribution in [-0.4, -0.2) is 41.4 Å². The summed E-state index contributed by atoms with van der Waals surface area (Å²) in [6, 6.07) is 2.92. The van der Waals surface area contributed by atoms with Gasteiger partial charge in [0.1, 0.15) is 11.3 Å². The second-order valence-corrected chi connectivity index (χ2v) is 5.98. The molecule has 0 radical (unpaired) electrons. The van der Waals surface area contributed by atoms with Gasteiger partial charge in [-0.2, -0.15) is 0 Å². The maximum Gasteiger partial charge on any atom is 0.326 e. The van der Waals surface area contributed by atoms with E-state index >= 15 is 0 Å². The minimum Gasteiger partial charge on any atom is -0.468 e. The number of likely N-dealkylation sites (tertiary alicyclic amines) is 1. The Balaban J connectivity index is 2.06. The first-order valence-corrected chi connectivity index (χ1v) is 7.79. The smallest absolute Gasteiger partial charge is 0.326 e. The highest BCUT2D eigenvalue weighted by Gasteiger charge is 2.67. The van der Waals surface area contributed by atoms with Gasteiger partial charge in [0.2, 0.25) is 11.8 Å². The molecule has 7 nitrogen and oxygen atoms in total. The van der Waals surface area contributed by atoms with Crippen LogP contribution < -0.4 is 5.32 Å². The first-order chi connectivity index (χ1) is 11.0. The Kier molecular flexibility index (Phi) is 3.75. The lowest BCUT2D eigenvalue weighted by Crippen LogP contribution is -2.54. The van der Waals surface area contributed by atoms with Crippen LogP contribution in [0.4, 0.5) is 0 Å². The highest BCUT2D eigenvalue weighted by Crippen LogP contribution is 2.48. The first kappa shape index (κ1) is 15.7. The van der Waals surface area contributed by atoms with E-state index in [0.29, 0.717) is 5.76 Å². The number of hydrogen-bond acceptors (Lipinski definition) is 6. The van der Waals surface area contributed by atoms with E-state index in [2.05, 4.69) is 5.32 Å². The van der Waals surface area contributed by atoms with E-state index in [9.17, 15) is 14.4 Å². The summed E-state index contributed by atoms with van der Waals surface area (Å²) in [5.41, 5.74) is -1.26. The van der Waals surface area contributed by atoms with Gasteiger partial charge in [-0.15, -0.1) is 0 Å². The molecule has 0 aromatic carbocycles. The number of nitrogens with one attached hydrogen (secondary N) is 1. The molecule has 23 heavy (non-hydrogen) atoms. The lowest BCUT2D eigenvalue weighted by Gasteiger charge is -2.28. The number of ether oxygens (including phenoxy) is 1. The van der Waals surface area contributed by atoms with E-state index in [0.717, 1.165) is 0 Å². The normalized spacial score (nSPS) is 33.2. The van der Waals surface area contributed by atoms with Gasteiger partial charge in [0, 0.05) is 6.54 Å². The van der Waals surface area contributed by atoms with Gasteiger partial charge in [-0.1, -0.05) is 0 Å². The first-order valence-electron chi connectivity index (χ1n) is 7.79. The molecule has 1 N–H and O–H groups in total. The largest absolute Gasteiger partial charge is 0.468 e. The molecule has 1 aromatic rings. The van der Waals surface area contributed by atoms with Crippen molar-refractivity contribution in [2.75, 3.05) is 13.2 Å². The van der Waals surface area contributed by atoms with Gasteiger partial charge in [-0.25, -0.2) is 0 Å². The lowest BCUT2D eigenvalue weighted by molar-refractivity contribution is -0.155. The van der Waals surface area contributed by atoms with Gasteiger partial charge in [0.25, 0.3) is 0 Å². The maximum absolute atomic E-state index is 12.7. The summed E-state index contributed by atoms with van der Waals surface area (Å²) in [6.07, 6.45) is 1.50. The lowest BCUT2D eigenvalue weighted by atomic mass is 9.81. The maximum atomic E-state index is 12.7. The van der Waals surface area contributed by atoms with Crippen LogP contribution in [0.5, 0.6) is 0 Å². The number of hydrogen-bond donors (Lipinski definition) is 1. The monoisotopic (exact) mass is 320 g/mol. The Bertz CT molecular complexity index is 641. The Morgan fingerprint density at radius 3 is 2.70 bits per heavy atom. The molecule has 3 rings (SSSR count). The minimum atomic E-state index is -1.26. The van der Waals surface area contributed by atoms with E-state index in [1.807, 2.05) is 0 Å². The summed E-state index contributed by atoms with van der Waals surface area (Å²) in [6.45, 7) is 5.56. The average molecular weight is 320 g/mol. The summed E-state index contributed by atoms with van der Waals surface area (Å²) in [7, 11) is 0. The van der Waals surface area contributed by atoms with Crippen LogP contribution in [0.15, 0.2) is 22.8 Å². The Labute approximate surface area is 134 Å². The standard InChI is InChI=1S/C16H20N2O5/c1-4-18-13(19)10-11(14(18)20)16(3,15(21)22-5-2)17-12(10)9-7-6-8-23-9/h6-8,10-12,17H,4-5H2,1-3H3/t10-,11-,12-,16+/m0/s1. The fourth-order valence-corrected chi connectivity index (χ4v) is 3.69. The zero-order chi connectivity index (χ0) is 16.8. The number of furan rings is 1. The van der Waals surface area contributed by atoms with E-state index in [4.69, 9.17) is 9.15 Å². The summed E-state index contributed by atoms with van der Waals surface area (Å²) < 4.78 is 10.6. The molecule has 2 amide bonds. The third kappa shape index (κ3) is 2.10. The predicted octanol–water partition coefficient (Wildman–Crippen LogP) is 0.867. The molecule has 7 heteroatoms. The Morgan fingerprint density at radius 2 is 2.13 bits per heavy atom. The molecule has 2 aliphatic heterocycles. The van der Waals surface area contributed by atoms with Crippen LogP contribution in [0.3, 0.4) is 0 Å². The van der Waals surface area contributed by atoms with Crippen molar-refractivity contribution in [2.45, 2.75) is 32.4 Å². The zero-order valence-corrected chi connectivity index (χ0v) is 13.4. The molecule has 0 bridgehead atoms. The molecule has 0 aliphatic carbocycles. The van der Waals surface area contributed by atoms with Crippen molar-refractivity contribution in [3.05, 3.63) is 24.2 Å². The van der Waals surface area contributed by atoms with Crippen molar-refractivity contribution < 1.29 is 23.5 Å². The van der Waals surface area contributed by atoms with Crippen LogP contribution >= 0.6 is 0 Å². The quantitative estimate of drug-likeness (QED) is 0.654. The predicted molar refractivity (Wildman–Crippen MR) is 79.0 cm³/mol. The molecule has 2 saturated heterocycles. The molecule has 4 atom stereocenters. The van der Waals surface area contributed by atoms with Crippen molar-refractivity contribution >= 4 is 17.8 Å². The van der Waals surface area contributed by atoms with Crippen LogP contribution in [0, 0.1) is 11.8 Å². The van der Waals surface area contributed by atoms with Gasteiger partial charge in [0.15, 0.2) is 0 Å². The number of carbonyl (C=O) groups is 3. The zero-order valence-electron chi connectivity index (χ0n) is 13.4. The molecule has 2 aliphatic rings. The van der Waals surface area contributed by atoms with Crippen molar-refractivity contribution in [3.63, 3.8) is 0 Å². The van der Waals surface area contributed by atoms with Gasteiger partial charge in [0.05, 0.1) is 30.7 Å². The molecular formula is C16H20N2O5. The van der Waals surface area contributed by atoms with E-state index in [-0.39, 0.29) is 25.0 Å². The number of carbonyl (C=O) groups excluding carboxylic acids is 3. The van der Waals surface area contributed by atoms with Crippen molar-refractivity contribution in [1.82, 2.24) is 10.2 Å². The second kappa shape index (κ2) is 5.49. The van der Waals surface area contributed by atoms with Crippen LogP contribution in [0.1, 0.15) is 32.6 Å². The molecule has 0 spiro atoms. The summed E-state index contributed by atoms with van der Waals surface area (Å²) in [5.74, 6) is -2.05. The second-order valence-electron chi connectivity index (χ2n) is 5.98. The minimum absolute atomic E-state index is 0.207. The SMILES string of the molecule is CCOC(=O)[C@]1(C)N[C@@H](c2ccco2)[C@H]2C(=O)N(CC)C(=O)[C@H]21. The Hall–Kier alpha value is -2.15. The third-order valence-corrected chi connectivity index (χ3v) is 4.74. The highest BCUT2D eigenvalue weighted by atomic mass is 16.5. The number of imide groups is 1. The van der Waals surface area contributed by atoms with E-state index in [1.165, 1.54) is 11.2 Å². The van der Waals surface area contributed by atoms with E-state index in [1.54, 1.807) is 32.9 Å². The van der Waals surface area contributed by atoms with Gasteiger partial charge in [-0.05, 0) is 32.9 Å². The third-order valence-electron chi connectivity index (χ3n) is 4.74. The van der Waals surface area contributed by atoms with Gasteiger partial charge >= 0.3 is 5.97 Å². The van der Waals surface area contributed by atoms with Gasteiger partial charge in [-0.3, -0.25) is 24.6 Å². The topological polar surface area (TPSA) is 88.8 Å². The molecule has 3 heterocycles. The number of amides is 2. The van der Waals surface area contributed by atoms with E-state index < -0.39 is 29.4 Å². The fourth-order valence-electron chi connectivity index (χ4n) is 3.69. The fraction of sp³-hybridized carbons (Fsp3) is 0.562. The van der Waals surface area contributed by atoms with Crippen molar-refractivity contribution in [3.8, 4) is 0 Å². The molecular weight excluding hydrogens is 300 g/mol. The molecule has 1 aromatic heterocycles. The molecule has 124 valence electrons. The summed E-state index contributed by atoms with van der Waals surface area (Å²) in [4.78, 5) is 39.1. The molecule has 0 saturated carbocycles. The van der Waals surface area contributed by atoms with Crippen molar-refractivity contribution in [1.29, 1.82) is 0 Å². The van der Waals surface area contributed by atoms with Crippen LogP contribution in [-0.2, 0) is 19.1 Å². The average Bonchev–Trinajstić information content (AvgIpc) is 3.18. The molecule has 2 fully saturated rings. The number of nitrogens with zero attached hydrogens (tertiary/aromatic N) is 1. The number of fused-ring (bicyclic) bond motifs is 1. The van der Waals surface area contributed by atoms with Gasteiger partial charge < -0.3 is 9.15 Å². The van der Waals surface area contributed by atoms with Crippen molar-refractivity contribution in [2.24, 2.45) is 11.8 Å².